The molecule has 0 radical (unpaired) electrons. The maximum absolute atomic E-state index is 12.3. The van der Waals surface area contributed by atoms with Gasteiger partial charge in [0, 0.05) is 28.1 Å². The predicted molar refractivity (Wildman–Crippen MR) is 86.8 cm³/mol. The van der Waals surface area contributed by atoms with Gasteiger partial charge in [-0.1, -0.05) is 15.9 Å². The molecule has 0 saturated heterocycles. The number of amides is 1. The van der Waals surface area contributed by atoms with Crippen LogP contribution in [0.3, 0.4) is 0 Å². The molecule has 2 aromatic heterocycles. The lowest BCUT2D eigenvalue weighted by Crippen LogP contribution is -2.13. The van der Waals surface area contributed by atoms with E-state index in [0.29, 0.717) is 5.56 Å². The van der Waals surface area contributed by atoms with E-state index >= 15 is 0 Å². The van der Waals surface area contributed by atoms with E-state index in [1.54, 1.807) is 12.1 Å². The van der Waals surface area contributed by atoms with Gasteiger partial charge in [0.05, 0.1) is 5.69 Å². The van der Waals surface area contributed by atoms with Gasteiger partial charge in [-0.25, -0.2) is 4.98 Å². The van der Waals surface area contributed by atoms with Gasteiger partial charge in [0.15, 0.2) is 0 Å². The third-order valence-electron chi connectivity index (χ3n) is 3.28. The zero-order valence-corrected chi connectivity index (χ0v) is 13.3. The van der Waals surface area contributed by atoms with Crippen molar-refractivity contribution in [3.63, 3.8) is 0 Å². The molecule has 0 aliphatic carbocycles. The van der Waals surface area contributed by atoms with Crippen LogP contribution in [0.5, 0.6) is 0 Å². The molecule has 0 aliphatic rings. The molecule has 0 aliphatic heterocycles. The minimum atomic E-state index is -0.136. The summed E-state index contributed by atoms with van der Waals surface area (Å²) in [6.45, 7) is 3.89. The largest absolute Gasteiger partial charge is 0.322 e. The molecule has 5 heteroatoms. The van der Waals surface area contributed by atoms with Gasteiger partial charge in [0.25, 0.3) is 5.91 Å². The second kappa shape index (κ2) is 5.33. The van der Waals surface area contributed by atoms with Gasteiger partial charge in [-0.15, -0.1) is 0 Å². The number of carbonyl (C=O) groups is 1. The number of pyridine rings is 1. The Morgan fingerprint density at radius 2 is 2.05 bits per heavy atom. The van der Waals surface area contributed by atoms with E-state index < -0.39 is 0 Å². The molecule has 0 fully saturated rings. The van der Waals surface area contributed by atoms with Crippen LogP contribution in [0.1, 0.15) is 21.6 Å². The molecule has 0 spiro atoms. The number of anilines is 1. The Hall–Kier alpha value is -2.14. The van der Waals surface area contributed by atoms with Crippen LogP contribution in [-0.2, 0) is 0 Å². The number of aromatic nitrogens is 2. The standard InChI is InChI=1S/C16H14BrN3O/c1-10-7-13(17)3-4-14(10)19-16(21)12-5-6-20-9-11(2)18-15(20)8-12/h3-9H,1-2H3,(H,19,21). The average Bonchev–Trinajstić information content (AvgIpc) is 2.80. The van der Waals surface area contributed by atoms with E-state index in [9.17, 15) is 4.79 Å². The first-order valence-corrected chi connectivity index (χ1v) is 7.35. The Kier molecular flexibility index (Phi) is 3.51. The van der Waals surface area contributed by atoms with E-state index in [1.807, 2.05) is 48.8 Å². The molecule has 0 saturated carbocycles. The van der Waals surface area contributed by atoms with Crippen molar-refractivity contribution in [1.29, 1.82) is 0 Å². The van der Waals surface area contributed by atoms with Crippen molar-refractivity contribution < 1.29 is 4.79 Å². The highest BCUT2D eigenvalue weighted by molar-refractivity contribution is 9.10. The fourth-order valence-corrected chi connectivity index (χ4v) is 2.69. The Labute approximate surface area is 131 Å². The summed E-state index contributed by atoms with van der Waals surface area (Å²) < 4.78 is 2.89. The Morgan fingerprint density at radius 3 is 2.81 bits per heavy atom. The SMILES string of the molecule is Cc1cn2ccc(C(=O)Nc3ccc(Br)cc3C)cc2n1. The number of imidazole rings is 1. The van der Waals surface area contributed by atoms with Crippen molar-refractivity contribution in [1.82, 2.24) is 9.38 Å². The maximum atomic E-state index is 12.3. The lowest BCUT2D eigenvalue weighted by molar-refractivity contribution is 0.102. The first kappa shape index (κ1) is 13.8. The van der Waals surface area contributed by atoms with Crippen LogP contribution in [0.4, 0.5) is 5.69 Å². The molecule has 3 aromatic rings. The van der Waals surface area contributed by atoms with Crippen LogP contribution < -0.4 is 5.32 Å². The Morgan fingerprint density at radius 1 is 1.24 bits per heavy atom. The predicted octanol–water partition coefficient (Wildman–Crippen LogP) is 3.97. The summed E-state index contributed by atoms with van der Waals surface area (Å²) in [6, 6.07) is 9.34. The van der Waals surface area contributed by atoms with Crippen molar-refractivity contribution in [2.24, 2.45) is 0 Å². The summed E-state index contributed by atoms with van der Waals surface area (Å²) in [6.07, 6.45) is 3.77. The maximum Gasteiger partial charge on any atom is 0.255 e. The van der Waals surface area contributed by atoms with Crippen molar-refractivity contribution in [3.8, 4) is 0 Å². The Balaban J connectivity index is 1.89. The zero-order valence-electron chi connectivity index (χ0n) is 11.7. The van der Waals surface area contributed by atoms with Crippen LogP contribution in [-0.4, -0.2) is 15.3 Å². The number of nitrogens with zero attached hydrogens (tertiary/aromatic N) is 2. The highest BCUT2D eigenvalue weighted by Gasteiger charge is 2.09. The molecule has 2 heterocycles. The van der Waals surface area contributed by atoms with Crippen LogP contribution in [0.2, 0.25) is 0 Å². The second-order valence-corrected chi connectivity index (χ2v) is 5.89. The van der Waals surface area contributed by atoms with E-state index in [-0.39, 0.29) is 5.91 Å². The lowest BCUT2D eigenvalue weighted by atomic mass is 10.2. The van der Waals surface area contributed by atoms with E-state index in [0.717, 1.165) is 27.1 Å². The van der Waals surface area contributed by atoms with Crippen molar-refractivity contribution in [3.05, 3.63) is 64.0 Å². The topological polar surface area (TPSA) is 46.4 Å². The molecule has 4 nitrogen and oxygen atoms in total. The minimum absolute atomic E-state index is 0.136. The van der Waals surface area contributed by atoms with Crippen LogP contribution in [0.15, 0.2) is 47.2 Å². The Bertz CT molecular complexity index is 839. The summed E-state index contributed by atoms with van der Waals surface area (Å²) in [5, 5.41) is 2.93. The van der Waals surface area contributed by atoms with Gasteiger partial charge in [0.2, 0.25) is 0 Å². The van der Waals surface area contributed by atoms with Gasteiger partial charge in [-0.2, -0.15) is 0 Å². The van der Waals surface area contributed by atoms with Crippen molar-refractivity contribution in [2.75, 3.05) is 5.32 Å². The molecular formula is C16H14BrN3O. The number of nitrogens with one attached hydrogen (secondary N) is 1. The smallest absolute Gasteiger partial charge is 0.255 e. The summed E-state index contributed by atoms with van der Waals surface area (Å²) in [7, 11) is 0. The highest BCUT2D eigenvalue weighted by atomic mass is 79.9. The third-order valence-corrected chi connectivity index (χ3v) is 3.77. The van der Waals surface area contributed by atoms with E-state index in [2.05, 4.69) is 26.2 Å². The zero-order chi connectivity index (χ0) is 15.0. The van der Waals surface area contributed by atoms with Gasteiger partial charge < -0.3 is 9.72 Å². The quantitative estimate of drug-likeness (QED) is 0.765. The third kappa shape index (κ3) is 2.83. The molecule has 1 amide bonds. The number of benzene rings is 1. The number of rotatable bonds is 2. The molecule has 0 bridgehead atoms. The molecule has 106 valence electrons. The van der Waals surface area contributed by atoms with Gasteiger partial charge in [-0.3, -0.25) is 4.79 Å². The van der Waals surface area contributed by atoms with Gasteiger partial charge in [0.1, 0.15) is 5.65 Å². The van der Waals surface area contributed by atoms with Crippen molar-refractivity contribution in [2.45, 2.75) is 13.8 Å². The minimum Gasteiger partial charge on any atom is -0.322 e. The van der Waals surface area contributed by atoms with Crippen LogP contribution >= 0.6 is 15.9 Å². The fourth-order valence-electron chi connectivity index (χ4n) is 2.21. The second-order valence-electron chi connectivity index (χ2n) is 4.98. The summed E-state index contributed by atoms with van der Waals surface area (Å²) in [4.78, 5) is 16.7. The molecule has 21 heavy (non-hydrogen) atoms. The molecule has 0 atom stereocenters. The molecule has 1 aromatic carbocycles. The molecule has 3 rings (SSSR count). The number of hydrogen-bond acceptors (Lipinski definition) is 2. The van der Waals surface area contributed by atoms with E-state index in [4.69, 9.17) is 0 Å². The summed E-state index contributed by atoms with van der Waals surface area (Å²) in [5.41, 5.74) is 4.11. The average molecular weight is 344 g/mol. The number of hydrogen-bond donors (Lipinski definition) is 1. The van der Waals surface area contributed by atoms with Crippen molar-refractivity contribution >= 4 is 33.2 Å². The lowest BCUT2D eigenvalue weighted by Gasteiger charge is -2.09. The first-order chi connectivity index (χ1) is 10.0. The summed E-state index contributed by atoms with van der Waals surface area (Å²) in [5.74, 6) is -0.136. The number of aryl methyl sites for hydroxylation is 2. The molecular weight excluding hydrogens is 330 g/mol. The molecule has 1 N–H and O–H groups in total. The monoisotopic (exact) mass is 343 g/mol. The number of halogens is 1. The van der Waals surface area contributed by atoms with Crippen LogP contribution in [0.25, 0.3) is 5.65 Å². The number of fused-ring (bicyclic) bond motifs is 1. The number of carbonyl (C=O) groups excluding carboxylic acids is 1. The first-order valence-electron chi connectivity index (χ1n) is 6.56. The fraction of sp³-hybridized carbons (Fsp3) is 0.125. The summed E-state index contributed by atoms with van der Waals surface area (Å²) >= 11 is 3.41. The van der Waals surface area contributed by atoms with Crippen LogP contribution in [0, 0.1) is 13.8 Å². The van der Waals surface area contributed by atoms with E-state index in [1.165, 1.54) is 0 Å². The normalized spacial score (nSPS) is 10.8. The van der Waals surface area contributed by atoms with Gasteiger partial charge in [-0.05, 0) is 49.7 Å². The highest BCUT2D eigenvalue weighted by Crippen LogP contribution is 2.21. The van der Waals surface area contributed by atoms with Gasteiger partial charge >= 0.3 is 0 Å². The molecule has 0 unspecified atom stereocenters.